The van der Waals surface area contributed by atoms with Crippen molar-refractivity contribution in [1.29, 1.82) is 0 Å². The molecule has 1 saturated heterocycles. The summed E-state index contributed by atoms with van der Waals surface area (Å²) < 4.78 is 5.46. The van der Waals surface area contributed by atoms with Gasteiger partial charge in [-0.25, -0.2) is 9.78 Å². The van der Waals surface area contributed by atoms with Crippen molar-refractivity contribution in [3.05, 3.63) is 52.0 Å². The van der Waals surface area contributed by atoms with Crippen LogP contribution in [0.3, 0.4) is 0 Å². The van der Waals surface area contributed by atoms with Gasteiger partial charge in [0.25, 0.3) is 0 Å². The highest BCUT2D eigenvalue weighted by Gasteiger charge is 2.26. The van der Waals surface area contributed by atoms with E-state index in [0.717, 1.165) is 49.6 Å². The minimum atomic E-state index is -0.616. The number of nitrogens with zero attached hydrogens (tertiary/aromatic N) is 3. The normalized spacial score (nSPS) is 15.8. The van der Waals surface area contributed by atoms with E-state index >= 15 is 0 Å². The van der Waals surface area contributed by atoms with Gasteiger partial charge in [-0.1, -0.05) is 57.5 Å². The molecule has 1 fully saturated rings. The largest absolute Gasteiger partial charge is 0.379 e. The number of hydrogen-bond acceptors (Lipinski definition) is 6. The molecule has 0 radical (unpaired) electrons. The second kappa shape index (κ2) is 15.1. The third kappa shape index (κ3) is 9.72. The molecule has 0 aliphatic carbocycles. The molecule has 1 aliphatic rings. The van der Waals surface area contributed by atoms with Crippen LogP contribution in [-0.4, -0.2) is 78.7 Å². The van der Waals surface area contributed by atoms with Crippen LogP contribution < -0.4 is 10.6 Å². The second-order valence-electron chi connectivity index (χ2n) is 10.1. The Morgan fingerprint density at radius 3 is 2.51 bits per heavy atom. The summed E-state index contributed by atoms with van der Waals surface area (Å²) in [6.45, 7) is 10.6. The molecule has 0 spiro atoms. The minimum Gasteiger partial charge on any atom is -0.379 e. The van der Waals surface area contributed by atoms with Crippen molar-refractivity contribution in [2.45, 2.75) is 71.0 Å². The Morgan fingerprint density at radius 2 is 1.86 bits per heavy atom. The monoisotopic (exact) mass is 529 g/mol. The first-order chi connectivity index (χ1) is 17.9. The lowest BCUT2D eigenvalue weighted by atomic mass is 10.0. The predicted octanol–water partition coefficient (Wildman–Crippen LogP) is 4.03. The number of benzene rings is 1. The maximum absolute atomic E-state index is 13.5. The number of rotatable bonds is 13. The molecule has 2 atom stereocenters. The lowest BCUT2D eigenvalue weighted by Crippen LogP contribution is -2.53. The number of thiazole rings is 1. The Hall–Kier alpha value is -2.49. The molecule has 204 valence electrons. The molecular formula is C28H43N5O3S. The third-order valence-corrected chi connectivity index (χ3v) is 7.76. The van der Waals surface area contributed by atoms with Gasteiger partial charge >= 0.3 is 6.03 Å². The molecule has 0 saturated carbocycles. The molecule has 1 aromatic heterocycles. The summed E-state index contributed by atoms with van der Waals surface area (Å²) in [6, 6.07) is 9.35. The third-order valence-electron chi connectivity index (χ3n) is 6.57. The molecule has 3 rings (SSSR count). The zero-order valence-corrected chi connectivity index (χ0v) is 23.6. The molecule has 3 amide bonds. The zero-order chi connectivity index (χ0) is 26.6. The van der Waals surface area contributed by atoms with E-state index in [2.05, 4.69) is 53.4 Å². The maximum Gasteiger partial charge on any atom is 0.318 e. The maximum atomic E-state index is 13.5. The van der Waals surface area contributed by atoms with E-state index < -0.39 is 6.04 Å². The van der Waals surface area contributed by atoms with Crippen molar-refractivity contribution < 1.29 is 14.3 Å². The van der Waals surface area contributed by atoms with Crippen LogP contribution in [0.15, 0.2) is 35.7 Å². The van der Waals surface area contributed by atoms with Crippen LogP contribution >= 0.6 is 11.3 Å². The van der Waals surface area contributed by atoms with Gasteiger partial charge in [0, 0.05) is 44.0 Å². The number of ether oxygens (including phenoxy) is 1. The highest BCUT2D eigenvalue weighted by atomic mass is 32.1. The van der Waals surface area contributed by atoms with Gasteiger partial charge in [0.1, 0.15) is 6.04 Å². The van der Waals surface area contributed by atoms with Gasteiger partial charge in [-0.05, 0) is 24.8 Å². The number of morpholine rings is 1. The summed E-state index contributed by atoms with van der Waals surface area (Å²) in [7, 11) is 1.75. The van der Waals surface area contributed by atoms with Crippen molar-refractivity contribution in [3.63, 3.8) is 0 Å². The molecule has 1 aliphatic heterocycles. The fraction of sp³-hybridized carbons (Fsp3) is 0.607. The predicted molar refractivity (Wildman–Crippen MR) is 149 cm³/mol. The lowest BCUT2D eigenvalue weighted by molar-refractivity contribution is -0.124. The molecule has 1 aromatic carbocycles. The average molecular weight is 530 g/mol. The molecule has 2 aromatic rings. The van der Waals surface area contributed by atoms with Crippen molar-refractivity contribution in [1.82, 2.24) is 25.4 Å². The fourth-order valence-electron chi connectivity index (χ4n) is 4.41. The summed E-state index contributed by atoms with van der Waals surface area (Å²) in [4.78, 5) is 35.2. The number of amides is 3. The van der Waals surface area contributed by atoms with Crippen LogP contribution in [0.4, 0.5) is 4.79 Å². The van der Waals surface area contributed by atoms with Crippen LogP contribution in [-0.2, 0) is 22.5 Å². The van der Waals surface area contributed by atoms with E-state index in [0.29, 0.717) is 32.1 Å². The second-order valence-corrected chi connectivity index (χ2v) is 11.0. The van der Waals surface area contributed by atoms with Crippen molar-refractivity contribution in [2.75, 3.05) is 39.9 Å². The van der Waals surface area contributed by atoms with Gasteiger partial charge in [-0.15, -0.1) is 11.3 Å². The minimum absolute atomic E-state index is 0.0184. The smallest absolute Gasteiger partial charge is 0.318 e. The molecular weight excluding hydrogens is 486 g/mol. The summed E-state index contributed by atoms with van der Waals surface area (Å²) in [5.41, 5.74) is 2.06. The highest BCUT2D eigenvalue weighted by molar-refractivity contribution is 7.09. The Labute approximate surface area is 225 Å². The van der Waals surface area contributed by atoms with Gasteiger partial charge < -0.3 is 20.3 Å². The van der Waals surface area contributed by atoms with Gasteiger partial charge in [0.05, 0.1) is 30.5 Å². The standard InChI is InChI=1S/C28H43N5O3S/c1-5-9-23(18-22-10-7-6-8-11-22)29-26(34)25(12-13-33-14-16-36-17-15-33)31-28(35)32(4)19-24-20-37-27(30-24)21(2)3/h6-8,10-11,20-21,23,25H,5,9,12-19H2,1-4H3,(H,29,34)(H,31,35). The van der Waals surface area contributed by atoms with E-state index in [-0.39, 0.29) is 18.0 Å². The zero-order valence-electron chi connectivity index (χ0n) is 22.7. The van der Waals surface area contributed by atoms with Crippen LogP contribution in [0.1, 0.15) is 62.2 Å². The summed E-state index contributed by atoms with van der Waals surface area (Å²) in [5.74, 6) is 0.234. The summed E-state index contributed by atoms with van der Waals surface area (Å²) >= 11 is 1.62. The van der Waals surface area contributed by atoms with E-state index in [9.17, 15) is 9.59 Å². The molecule has 2 heterocycles. The molecule has 2 unspecified atom stereocenters. The van der Waals surface area contributed by atoms with Gasteiger partial charge in [-0.2, -0.15) is 0 Å². The molecule has 8 nitrogen and oxygen atoms in total. The number of carbonyl (C=O) groups excluding carboxylic acids is 2. The fourth-order valence-corrected chi connectivity index (χ4v) is 5.24. The van der Waals surface area contributed by atoms with Gasteiger partial charge in [-0.3, -0.25) is 9.69 Å². The van der Waals surface area contributed by atoms with Crippen molar-refractivity contribution in [2.24, 2.45) is 0 Å². The summed E-state index contributed by atoms with van der Waals surface area (Å²) in [6.07, 6.45) is 3.17. The molecule has 0 bridgehead atoms. The molecule has 37 heavy (non-hydrogen) atoms. The first-order valence-electron chi connectivity index (χ1n) is 13.5. The van der Waals surface area contributed by atoms with Crippen molar-refractivity contribution in [3.8, 4) is 0 Å². The van der Waals surface area contributed by atoms with Gasteiger partial charge in [0.15, 0.2) is 0 Å². The average Bonchev–Trinajstić information content (AvgIpc) is 3.36. The van der Waals surface area contributed by atoms with Crippen LogP contribution in [0.5, 0.6) is 0 Å². The Bertz CT molecular complexity index is 962. The van der Waals surface area contributed by atoms with E-state index in [1.165, 1.54) is 5.56 Å². The van der Waals surface area contributed by atoms with Crippen LogP contribution in [0, 0.1) is 0 Å². The Morgan fingerprint density at radius 1 is 1.14 bits per heavy atom. The number of carbonyl (C=O) groups is 2. The first kappa shape index (κ1) is 29.1. The van der Waals surface area contributed by atoms with E-state index in [1.807, 2.05) is 23.6 Å². The first-order valence-corrected chi connectivity index (χ1v) is 14.3. The highest BCUT2D eigenvalue weighted by Crippen LogP contribution is 2.20. The lowest BCUT2D eigenvalue weighted by Gasteiger charge is -2.30. The van der Waals surface area contributed by atoms with E-state index in [4.69, 9.17) is 4.74 Å². The van der Waals surface area contributed by atoms with Crippen molar-refractivity contribution >= 4 is 23.3 Å². The Kier molecular flexibility index (Phi) is 11.8. The number of hydrogen-bond donors (Lipinski definition) is 2. The number of aromatic nitrogens is 1. The SMILES string of the molecule is CCCC(Cc1ccccc1)NC(=O)C(CCN1CCOCC1)NC(=O)N(C)Cc1csc(C(C)C)n1. The van der Waals surface area contributed by atoms with Crippen LogP contribution in [0.2, 0.25) is 0 Å². The Balaban J connectivity index is 1.64. The molecule has 9 heteroatoms. The number of nitrogens with one attached hydrogen (secondary N) is 2. The summed E-state index contributed by atoms with van der Waals surface area (Å²) in [5, 5.41) is 9.31. The topological polar surface area (TPSA) is 86.8 Å². The number of urea groups is 1. The van der Waals surface area contributed by atoms with Gasteiger partial charge in [0.2, 0.25) is 5.91 Å². The van der Waals surface area contributed by atoms with Crippen LogP contribution in [0.25, 0.3) is 0 Å². The molecule has 2 N–H and O–H groups in total. The van der Waals surface area contributed by atoms with E-state index in [1.54, 1.807) is 23.3 Å². The quantitative estimate of drug-likeness (QED) is 0.409.